The van der Waals surface area contributed by atoms with Crippen molar-refractivity contribution in [3.05, 3.63) is 62.9 Å². The average molecular weight is 524 g/mol. The summed E-state index contributed by atoms with van der Waals surface area (Å²) in [6.45, 7) is 6.44. The number of allylic oxidation sites excluding steroid dienone is 2. The minimum absolute atomic E-state index is 0.0610. The van der Waals surface area contributed by atoms with Gasteiger partial charge in [-0.25, -0.2) is 23.5 Å². The van der Waals surface area contributed by atoms with Crippen molar-refractivity contribution >= 4 is 5.78 Å². The number of aliphatic hydroxyl groups is 2. The van der Waals surface area contributed by atoms with E-state index in [-0.39, 0.29) is 42.3 Å². The number of fused-ring (bicyclic) bond motifs is 1. The summed E-state index contributed by atoms with van der Waals surface area (Å²) in [7, 11) is 1.51. The monoisotopic (exact) mass is 523 g/mol. The average Bonchev–Trinajstić information content (AvgIpc) is 3.31. The fraction of sp³-hybridized carbons (Fsp3) is 0.621. The number of methoxy groups -OCH3 is 1. The summed E-state index contributed by atoms with van der Waals surface area (Å²) in [5, 5.41) is 24.2. The van der Waals surface area contributed by atoms with Gasteiger partial charge in [0.15, 0.2) is 5.78 Å². The summed E-state index contributed by atoms with van der Waals surface area (Å²) in [6, 6.07) is 8.88. The number of aliphatic hydroxyl groups excluding tert-OH is 1. The standard InChI is InChI=1S/C29H37N3O6/c1-17-10-12-28-15-22(38-4)24(34)29(28,37)27(17,3)23(33)14-21(18(28)2)19-11-13-30-25(35)32(26(36)31(30)16-19)20-8-6-5-7-9-20/h5-9,11,17-18,21-23,33,37H,10,12-16H2,1-4H3/t17-,18+,21-,22+,23-,27+,28+,29-/m1/s1. The van der Waals surface area contributed by atoms with Crippen molar-refractivity contribution in [1.82, 2.24) is 13.9 Å². The van der Waals surface area contributed by atoms with Gasteiger partial charge in [0.1, 0.15) is 11.7 Å². The van der Waals surface area contributed by atoms with Crippen molar-refractivity contribution in [3.63, 3.8) is 0 Å². The van der Waals surface area contributed by atoms with E-state index in [0.717, 1.165) is 12.0 Å². The van der Waals surface area contributed by atoms with Crippen LogP contribution in [0.3, 0.4) is 0 Å². The van der Waals surface area contributed by atoms with Gasteiger partial charge in [0.05, 0.1) is 24.9 Å². The highest BCUT2D eigenvalue weighted by Gasteiger charge is 2.78. The van der Waals surface area contributed by atoms with Crippen LogP contribution in [0.2, 0.25) is 0 Å². The molecule has 2 N–H and O–H groups in total. The molecular weight excluding hydrogens is 486 g/mol. The number of para-hydroxylation sites is 1. The summed E-state index contributed by atoms with van der Waals surface area (Å²) in [6.07, 6.45) is 2.60. The van der Waals surface area contributed by atoms with Crippen LogP contribution in [0.4, 0.5) is 0 Å². The number of hydrogen-bond acceptors (Lipinski definition) is 6. The predicted octanol–water partition coefficient (Wildman–Crippen LogP) is 1.90. The minimum atomic E-state index is -1.71. The van der Waals surface area contributed by atoms with Crippen LogP contribution in [0.25, 0.3) is 5.69 Å². The summed E-state index contributed by atoms with van der Waals surface area (Å²) in [4.78, 5) is 40.4. The van der Waals surface area contributed by atoms with Crippen LogP contribution in [0, 0.1) is 28.6 Å². The molecule has 204 valence electrons. The lowest BCUT2D eigenvalue weighted by atomic mass is 9.46. The van der Waals surface area contributed by atoms with Gasteiger partial charge in [-0.1, -0.05) is 45.0 Å². The maximum Gasteiger partial charge on any atom is 0.352 e. The van der Waals surface area contributed by atoms with E-state index in [1.807, 2.05) is 26.0 Å². The molecule has 3 saturated carbocycles. The van der Waals surface area contributed by atoms with E-state index in [2.05, 4.69) is 6.92 Å². The van der Waals surface area contributed by atoms with Crippen molar-refractivity contribution in [2.75, 3.05) is 7.11 Å². The van der Waals surface area contributed by atoms with Crippen molar-refractivity contribution in [2.45, 2.75) is 77.4 Å². The number of ether oxygens (including phenoxy) is 1. The van der Waals surface area contributed by atoms with Crippen LogP contribution < -0.4 is 11.4 Å². The Morgan fingerprint density at radius 2 is 1.74 bits per heavy atom. The molecule has 2 bridgehead atoms. The van der Waals surface area contributed by atoms with Gasteiger partial charge < -0.3 is 14.9 Å². The van der Waals surface area contributed by atoms with Crippen LogP contribution in [-0.4, -0.2) is 54.8 Å². The van der Waals surface area contributed by atoms with Gasteiger partial charge in [0.2, 0.25) is 0 Å². The van der Waals surface area contributed by atoms with Gasteiger partial charge >= 0.3 is 11.4 Å². The molecule has 38 heavy (non-hydrogen) atoms. The van der Waals surface area contributed by atoms with Crippen LogP contribution >= 0.6 is 0 Å². The van der Waals surface area contributed by atoms with E-state index < -0.39 is 34.3 Å². The zero-order chi connectivity index (χ0) is 27.2. The first-order chi connectivity index (χ1) is 18.0. The molecule has 9 nitrogen and oxygen atoms in total. The maximum absolute atomic E-state index is 13.8. The van der Waals surface area contributed by atoms with Crippen molar-refractivity contribution in [3.8, 4) is 5.69 Å². The third-order valence-electron chi connectivity index (χ3n) is 11.1. The first-order valence-electron chi connectivity index (χ1n) is 13.7. The molecule has 0 unspecified atom stereocenters. The van der Waals surface area contributed by atoms with E-state index in [1.54, 1.807) is 24.3 Å². The van der Waals surface area contributed by atoms with Crippen LogP contribution in [0.15, 0.2) is 51.6 Å². The molecule has 3 fully saturated rings. The predicted molar refractivity (Wildman–Crippen MR) is 140 cm³/mol. The number of carbonyl (C=O) groups is 1. The third-order valence-corrected chi connectivity index (χ3v) is 11.1. The van der Waals surface area contributed by atoms with Crippen molar-refractivity contribution in [1.29, 1.82) is 0 Å². The second-order valence-electron chi connectivity index (χ2n) is 12.2. The number of aromatic nitrogens is 3. The summed E-state index contributed by atoms with van der Waals surface area (Å²) in [5.74, 6) is -0.711. The fourth-order valence-electron chi connectivity index (χ4n) is 8.67. The lowest BCUT2D eigenvalue weighted by Crippen LogP contribution is -2.69. The lowest BCUT2D eigenvalue weighted by Gasteiger charge is -2.59. The SMILES string of the molecule is CO[C@H]1C[C@@]23CC[C@@H](C)[C@@](C)([C@H](O)C[C@@H](C4=CCn5c(=O)n(-c6ccccc6)c(=O)n5C4)[C@@H]2C)[C@]3(O)C1=O. The van der Waals surface area contributed by atoms with E-state index in [4.69, 9.17) is 4.74 Å². The molecular formula is C29H37N3O6. The third kappa shape index (κ3) is 2.90. The second-order valence-corrected chi connectivity index (χ2v) is 12.2. The van der Waals surface area contributed by atoms with Gasteiger partial charge in [0, 0.05) is 17.9 Å². The molecule has 1 aliphatic heterocycles. The Balaban J connectivity index is 1.44. The molecule has 2 aromatic rings. The number of benzene rings is 1. The van der Waals surface area contributed by atoms with Gasteiger partial charge in [0.25, 0.3) is 0 Å². The smallest absolute Gasteiger partial charge is 0.352 e. The number of carbonyl (C=O) groups excluding carboxylic acids is 1. The number of rotatable bonds is 3. The normalized spacial score (nSPS) is 40.3. The van der Waals surface area contributed by atoms with Crippen LogP contribution in [0.1, 0.15) is 46.5 Å². The van der Waals surface area contributed by atoms with Crippen LogP contribution in [-0.2, 0) is 22.6 Å². The Kier molecular flexibility index (Phi) is 5.62. The number of hydrogen-bond donors (Lipinski definition) is 2. The lowest BCUT2D eigenvalue weighted by molar-refractivity contribution is -0.229. The molecule has 6 rings (SSSR count). The van der Waals surface area contributed by atoms with E-state index >= 15 is 0 Å². The molecule has 4 aliphatic rings. The van der Waals surface area contributed by atoms with Gasteiger partial charge in [-0.2, -0.15) is 0 Å². The zero-order valence-corrected chi connectivity index (χ0v) is 22.5. The van der Waals surface area contributed by atoms with Gasteiger partial charge in [-0.3, -0.25) is 4.79 Å². The topological polar surface area (TPSA) is 116 Å². The van der Waals surface area contributed by atoms with Crippen LogP contribution in [0.5, 0.6) is 0 Å². The number of Topliss-reactive ketones (excluding diaryl/α,β-unsaturated/α-hetero) is 1. The summed E-state index contributed by atoms with van der Waals surface area (Å²) >= 11 is 0. The van der Waals surface area contributed by atoms with Crippen molar-refractivity contribution in [2.24, 2.45) is 28.6 Å². The van der Waals surface area contributed by atoms with Gasteiger partial charge in [-0.05, 0) is 61.1 Å². The van der Waals surface area contributed by atoms with E-state index in [9.17, 15) is 24.6 Å². The first-order valence-corrected chi connectivity index (χ1v) is 13.7. The molecule has 8 atom stereocenters. The molecule has 0 saturated heterocycles. The highest BCUT2D eigenvalue weighted by molar-refractivity contribution is 5.96. The van der Waals surface area contributed by atoms with Crippen molar-refractivity contribution < 1.29 is 19.7 Å². The second kappa shape index (κ2) is 8.37. The highest BCUT2D eigenvalue weighted by atomic mass is 16.5. The number of nitrogens with zero attached hydrogens (tertiary/aromatic N) is 3. The fourth-order valence-corrected chi connectivity index (χ4v) is 8.67. The molecule has 1 aromatic heterocycles. The Morgan fingerprint density at radius 1 is 1.05 bits per heavy atom. The largest absolute Gasteiger partial charge is 0.392 e. The Bertz CT molecular complexity index is 1440. The highest BCUT2D eigenvalue weighted by Crippen LogP contribution is 2.70. The number of ketones is 1. The molecule has 0 spiro atoms. The Morgan fingerprint density at radius 3 is 2.42 bits per heavy atom. The Labute approximate surface area is 221 Å². The molecule has 0 amide bonds. The van der Waals surface area contributed by atoms with Gasteiger partial charge in [-0.15, -0.1) is 0 Å². The molecule has 0 radical (unpaired) electrons. The summed E-state index contributed by atoms with van der Waals surface area (Å²) in [5.41, 5.74) is -2.81. The molecule has 3 aliphatic carbocycles. The Hall–Kier alpha value is -2.75. The molecule has 9 heteroatoms. The summed E-state index contributed by atoms with van der Waals surface area (Å²) < 4.78 is 9.72. The van der Waals surface area contributed by atoms with E-state index in [0.29, 0.717) is 24.9 Å². The molecule has 2 heterocycles. The molecule has 1 aromatic carbocycles. The quantitative estimate of drug-likeness (QED) is 0.594. The zero-order valence-electron chi connectivity index (χ0n) is 22.5. The maximum atomic E-state index is 13.8. The minimum Gasteiger partial charge on any atom is -0.392 e. The first kappa shape index (κ1) is 25.5. The van der Waals surface area contributed by atoms with E-state index in [1.165, 1.54) is 21.0 Å².